The summed E-state index contributed by atoms with van der Waals surface area (Å²) >= 11 is 0. The molecule has 1 saturated heterocycles. The second kappa shape index (κ2) is 8.51. The highest BCUT2D eigenvalue weighted by Crippen LogP contribution is 2.29. The molecule has 0 spiro atoms. The third-order valence-corrected chi connectivity index (χ3v) is 4.71. The fourth-order valence-corrected chi connectivity index (χ4v) is 3.65. The molecule has 1 aliphatic heterocycles. The summed E-state index contributed by atoms with van der Waals surface area (Å²) in [5.74, 6) is 0.891. The molecule has 2 heterocycles. The van der Waals surface area contributed by atoms with E-state index < -0.39 is 12.7 Å². The predicted molar refractivity (Wildman–Crippen MR) is 86.1 cm³/mol. The summed E-state index contributed by atoms with van der Waals surface area (Å²) in [4.78, 5) is 4.06. The van der Waals surface area contributed by atoms with Gasteiger partial charge in [0.15, 0.2) is 0 Å². The van der Waals surface area contributed by atoms with Gasteiger partial charge in [-0.1, -0.05) is 6.42 Å². The molecule has 1 aromatic heterocycles. The van der Waals surface area contributed by atoms with Crippen LogP contribution in [0.2, 0.25) is 0 Å². The zero-order valence-corrected chi connectivity index (χ0v) is 14.2. The summed E-state index contributed by atoms with van der Waals surface area (Å²) in [5, 5.41) is 6.90. The summed E-state index contributed by atoms with van der Waals surface area (Å²) in [6, 6.07) is 0.629. The third-order valence-electron chi connectivity index (χ3n) is 4.71. The molecule has 9 heteroatoms. The molecule has 0 aromatic carbocycles. The van der Waals surface area contributed by atoms with Gasteiger partial charge < -0.3 is 19.9 Å². The van der Waals surface area contributed by atoms with E-state index in [1.54, 1.807) is 0 Å². The third kappa shape index (κ3) is 5.08. The molecule has 0 bridgehead atoms. The van der Waals surface area contributed by atoms with Crippen molar-refractivity contribution in [3.63, 3.8) is 0 Å². The number of alkyl halides is 3. The van der Waals surface area contributed by atoms with Gasteiger partial charge in [-0.2, -0.15) is 13.2 Å². The number of rotatable bonds is 5. The van der Waals surface area contributed by atoms with Gasteiger partial charge in [0.25, 0.3) is 0 Å². The molecule has 1 aromatic rings. The number of hydrogen-bond donors (Lipinski definition) is 2. The van der Waals surface area contributed by atoms with Crippen LogP contribution in [0.5, 0.6) is 0 Å². The number of morpholine rings is 1. The Kier molecular flexibility index (Phi) is 6.91. The maximum atomic E-state index is 12.6. The van der Waals surface area contributed by atoms with Crippen molar-refractivity contribution in [3.05, 3.63) is 18.2 Å². The number of hydrogen-bond acceptors (Lipinski definition) is 4. The van der Waals surface area contributed by atoms with Gasteiger partial charge in [-0.05, 0) is 18.8 Å². The van der Waals surface area contributed by atoms with Gasteiger partial charge in [-0.15, -0.1) is 12.4 Å². The van der Waals surface area contributed by atoms with E-state index in [2.05, 4.69) is 15.6 Å². The Hall–Kier alpha value is -0.830. The molecule has 2 fully saturated rings. The van der Waals surface area contributed by atoms with Crippen LogP contribution in [0.3, 0.4) is 0 Å². The van der Waals surface area contributed by atoms with Crippen molar-refractivity contribution in [2.75, 3.05) is 19.8 Å². The number of aromatic nitrogens is 2. The molecule has 1 saturated carbocycles. The Morgan fingerprint density at radius 3 is 2.92 bits per heavy atom. The van der Waals surface area contributed by atoms with Crippen molar-refractivity contribution >= 4 is 12.4 Å². The highest BCUT2D eigenvalue weighted by molar-refractivity contribution is 5.85. The largest absolute Gasteiger partial charge is 0.406 e. The highest BCUT2D eigenvalue weighted by Gasteiger charge is 2.35. The van der Waals surface area contributed by atoms with Gasteiger partial charge >= 0.3 is 6.18 Å². The van der Waals surface area contributed by atoms with Crippen molar-refractivity contribution in [1.82, 2.24) is 20.2 Å². The minimum atomic E-state index is -4.23. The van der Waals surface area contributed by atoms with Crippen LogP contribution in [0.15, 0.2) is 12.4 Å². The second-order valence-corrected chi connectivity index (χ2v) is 6.30. The molecular formula is C15H24ClF3N4O. The van der Waals surface area contributed by atoms with E-state index in [0.717, 1.165) is 32.4 Å². The van der Waals surface area contributed by atoms with Gasteiger partial charge in [-0.3, -0.25) is 0 Å². The molecule has 3 atom stereocenters. The smallest absolute Gasteiger partial charge is 0.379 e. The van der Waals surface area contributed by atoms with Crippen LogP contribution in [0, 0.1) is 5.92 Å². The normalized spacial score (nSPS) is 27.9. The number of halogens is 4. The van der Waals surface area contributed by atoms with Gasteiger partial charge in [0, 0.05) is 31.0 Å². The van der Waals surface area contributed by atoms with Gasteiger partial charge in [0.2, 0.25) is 0 Å². The summed E-state index contributed by atoms with van der Waals surface area (Å²) in [7, 11) is 0. The van der Waals surface area contributed by atoms with E-state index >= 15 is 0 Å². The Morgan fingerprint density at radius 1 is 1.38 bits per heavy atom. The van der Waals surface area contributed by atoms with Crippen molar-refractivity contribution < 1.29 is 17.9 Å². The minimum absolute atomic E-state index is 0. The van der Waals surface area contributed by atoms with Crippen molar-refractivity contribution in [3.8, 4) is 0 Å². The number of nitrogens with zero attached hydrogens (tertiary/aromatic N) is 2. The second-order valence-electron chi connectivity index (χ2n) is 6.30. The molecule has 0 radical (unpaired) electrons. The fraction of sp³-hybridized carbons (Fsp3) is 0.800. The van der Waals surface area contributed by atoms with Crippen LogP contribution in [0.25, 0.3) is 0 Å². The van der Waals surface area contributed by atoms with Crippen LogP contribution >= 0.6 is 12.4 Å². The minimum Gasteiger partial charge on any atom is -0.379 e. The summed E-state index contributed by atoms with van der Waals surface area (Å²) < 4.78 is 44.4. The lowest BCUT2D eigenvalue weighted by atomic mass is 9.94. The maximum absolute atomic E-state index is 12.6. The monoisotopic (exact) mass is 368 g/mol. The summed E-state index contributed by atoms with van der Waals surface area (Å²) in [5.41, 5.74) is 0. The SMILES string of the molecule is Cl.FC(F)(F)Cn1ccnc1CNC1CCCC1C1COCCN1. The predicted octanol–water partition coefficient (Wildman–Crippen LogP) is 2.11. The van der Waals surface area contributed by atoms with E-state index in [-0.39, 0.29) is 12.4 Å². The Bertz CT molecular complexity index is 505. The van der Waals surface area contributed by atoms with E-state index in [4.69, 9.17) is 4.74 Å². The van der Waals surface area contributed by atoms with Crippen LogP contribution in [-0.2, 0) is 17.8 Å². The van der Waals surface area contributed by atoms with E-state index in [9.17, 15) is 13.2 Å². The fourth-order valence-electron chi connectivity index (χ4n) is 3.65. The van der Waals surface area contributed by atoms with Gasteiger partial charge in [-0.25, -0.2) is 4.98 Å². The molecule has 0 amide bonds. The molecule has 2 aliphatic rings. The van der Waals surface area contributed by atoms with E-state index in [0.29, 0.717) is 37.0 Å². The Balaban J connectivity index is 0.00000208. The van der Waals surface area contributed by atoms with Gasteiger partial charge in [0.05, 0.1) is 19.8 Å². The van der Waals surface area contributed by atoms with Crippen LogP contribution in [0.1, 0.15) is 25.1 Å². The van der Waals surface area contributed by atoms with Crippen molar-refractivity contribution in [2.45, 2.75) is 50.6 Å². The molecule has 1 aliphatic carbocycles. The molecule has 5 nitrogen and oxygen atoms in total. The molecular weight excluding hydrogens is 345 g/mol. The first kappa shape index (κ1) is 19.5. The van der Waals surface area contributed by atoms with E-state index in [1.165, 1.54) is 17.0 Å². The quantitative estimate of drug-likeness (QED) is 0.836. The number of nitrogens with one attached hydrogen (secondary N) is 2. The summed E-state index contributed by atoms with van der Waals surface area (Å²) in [6.45, 7) is 1.69. The lowest BCUT2D eigenvalue weighted by Gasteiger charge is -2.33. The first-order chi connectivity index (χ1) is 11.0. The molecule has 24 heavy (non-hydrogen) atoms. The first-order valence-corrected chi connectivity index (χ1v) is 8.14. The average Bonchev–Trinajstić information content (AvgIpc) is 3.13. The van der Waals surface area contributed by atoms with Crippen LogP contribution < -0.4 is 10.6 Å². The van der Waals surface area contributed by atoms with Crippen molar-refractivity contribution in [1.29, 1.82) is 0 Å². The lowest BCUT2D eigenvalue weighted by Crippen LogP contribution is -2.50. The highest BCUT2D eigenvalue weighted by atomic mass is 35.5. The van der Waals surface area contributed by atoms with Crippen LogP contribution in [-0.4, -0.2) is 47.6 Å². The zero-order valence-electron chi connectivity index (χ0n) is 13.4. The zero-order chi connectivity index (χ0) is 16.3. The molecule has 3 rings (SSSR count). The number of ether oxygens (including phenoxy) is 1. The number of imidazole rings is 1. The van der Waals surface area contributed by atoms with Gasteiger partial charge in [0.1, 0.15) is 12.4 Å². The van der Waals surface area contributed by atoms with Crippen molar-refractivity contribution in [2.24, 2.45) is 5.92 Å². The molecule has 3 unspecified atom stereocenters. The standard InChI is InChI=1S/C15H23F3N4O.ClH/c16-15(17,18)10-22-6-4-20-14(22)8-21-12-3-1-2-11(12)13-9-23-7-5-19-13;/h4,6,11-13,19,21H,1-3,5,7-10H2;1H. The lowest BCUT2D eigenvalue weighted by molar-refractivity contribution is -0.141. The summed E-state index contributed by atoms with van der Waals surface area (Å²) in [6.07, 6.45) is 1.88. The Morgan fingerprint density at radius 2 is 2.21 bits per heavy atom. The Labute approximate surface area is 145 Å². The topological polar surface area (TPSA) is 51.1 Å². The van der Waals surface area contributed by atoms with Crippen LogP contribution in [0.4, 0.5) is 13.2 Å². The average molecular weight is 369 g/mol. The van der Waals surface area contributed by atoms with E-state index in [1.807, 2.05) is 0 Å². The molecule has 138 valence electrons. The molecule has 2 N–H and O–H groups in total. The first-order valence-electron chi connectivity index (χ1n) is 8.14. The maximum Gasteiger partial charge on any atom is 0.406 e.